The number of benzene rings is 2. The number of anilines is 1. The number of carbonyl (C=O) groups excluding carboxylic acids is 4. The predicted octanol–water partition coefficient (Wildman–Crippen LogP) is 1.19. The number of hydroxylamine groups is 2. The molecule has 11 heteroatoms. The quantitative estimate of drug-likeness (QED) is 0.381. The molecule has 0 saturated carbocycles. The Hall–Kier alpha value is -4.01. The molecule has 1 atom stereocenters. The minimum atomic E-state index is -4.83. The van der Waals surface area contributed by atoms with Crippen LogP contribution in [0.1, 0.15) is 36.0 Å². The summed E-state index contributed by atoms with van der Waals surface area (Å²) in [7, 11) is -4.83. The second-order valence-electron chi connectivity index (χ2n) is 7.60. The molecule has 1 fully saturated rings. The fraction of sp³-hybridized carbons (Fsp3) is 0.217. The van der Waals surface area contributed by atoms with E-state index in [9.17, 15) is 27.6 Å². The first-order valence-corrected chi connectivity index (χ1v) is 11.7. The van der Waals surface area contributed by atoms with E-state index < -0.39 is 51.9 Å². The lowest BCUT2D eigenvalue weighted by Crippen LogP contribution is -2.37. The Labute approximate surface area is 194 Å². The summed E-state index contributed by atoms with van der Waals surface area (Å²) in [6, 6.07) is 14.5. The van der Waals surface area contributed by atoms with Crippen molar-refractivity contribution in [2.24, 2.45) is 0 Å². The number of amides is 3. The van der Waals surface area contributed by atoms with Crippen LogP contribution >= 0.6 is 0 Å². The number of nitrogens with zero attached hydrogens (tertiary/aromatic N) is 2. The number of rotatable bonds is 5. The van der Waals surface area contributed by atoms with E-state index in [0.717, 1.165) is 11.1 Å². The molecule has 0 bridgehead atoms. The molecule has 2 heterocycles. The van der Waals surface area contributed by atoms with Crippen LogP contribution in [0.5, 0.6) is 0 Å². The summed E-state index contributed by atoms with van der Waals surface area (Å²) in [4.78, 5) is 55.4. The first-order valence-electron chi connectivity index (χ1n) is 10.2. The molecule has 0 radical (unpaired) electrons. The molecular weight excluding hydrogens is 464 g/mol. The normalized spacial score (nSPS) is 17.1. The van der Waals surface area contributed by atoms with Crippen LogP contribution in [0.15, 0.2) is 48.5 Å². The molecule has 2 aliphatic rings. The van der Waals surface area contributed by atoms with Crippen molar-refractivity contribution in [2.75, 3.05) is 4.90 Å². The van der Waals surface area contributed by atoms with Gasteiger partial charge in [0.15, 0.2) is 5.25 Å². The van der Waals surface area contributed by atoms with Crippen LogP contribution in [0.2, 0.25) is 0 Å². The molecule has 174 valence electrons. The highest BCUT2D eigenvalue weighted by Crippen LogP contribution is 2.26. The highest BCUT2D eigenvalue weighted by molar-refractivity contribution is 7.87. The zero-order chi connectivity index (χ0) is 24.5. The minimum absolute atomic E-state index is 0.0164. The molecule has 4 rings (SSSR count). The molecule has 2 aromatic carbocycles. The summed E-state index contributed by atoms with van der Waals surface area (Å²) in [5.41, 5.74) is 2.81. The van der Waals surface area contributed by atoms with Crippen molar-refractivity contribution in [1.29, 1.82) is 0 Å². The summed E-state index contributed by atoms with van der Waals surface area (Å²) in [5.74, 6) is 2.22. The van der Waals surface area contributed by atoms with Crippen LogP contribution in [-0.2, 0) is 40.7 Å². The molecule has 0 aliphatic carbocycles. The number of hydrogen-bond acceptors (Lipinski definition) is 7. The third kappa shape index (κ3) is 4.68. The zero-order valence-corrected chi connectivity index (χ0v) is 18.4. The molecule has 34 heavy (non-hydrogen) atoms. The van der Waals surface area contributed by atoms with Crippen molar-refractivity contribution in [3.8, 4) is 11.8 Å². The van der Waals surface area contributed by atoms with E-state index in [1.54, 1.807) is 24.3 Å². The molecule has 2 aliphatic heterocycles. The average molecular weight is 482 g/mol. The van der Waals surface area contributed by atoms with Crippen molar-refractivity contribution >= 4 is 39.5 Å². The fourth-order valence-corrected chi connectivity index (χ4v) is 4.31. The first kappa shape index (κ1) is 23.2. The molecule has 2 aromatic rings. The lowest BCUT2D eigenvalue weighted by atomic mass is 10.0. The van der Waals surface area contributed by atoms with Gasteiger partial charge in [-0.15, -0.1) is 5.06 Å². The summed E-state index contributed by atoms with van der Waals surface area (Å²) >= 11 is 0. The number of fused-ring (bicyclic) bond motifs is 2. The summed E-state index contributed by atoms with van der Waals surface area (Å²) in [6.07, 6.45) is -1.62. The van der Waals surface area contributed by atoms with Gasteiger partial charge in [-0.3, -0.25) is 18.9 Å². The summed E-state index contributed by atoms with van der Waals surface area (Å²) in [5, 5.41) is -2.00. The van der Waals surface area contributed by atoms with Crippen LogP contribution in [0.3, 0.4) is 0 Å². The third-order valence-electron chi connectivity index (χ3n) is 5.33. The van der Waals surface area contributed by atoms with E-state index in [0.29, 0.717) is 11.3 Å². The number of para-hydroxylation sites is 1. The zero-order valence-electron chi connectivity index (χ0n) is 17.6. The molecule has 0 spiro atoms. The predicted molar refractivity (Wildman–Crippen MR) is 117 cm³/mol. The smallest absolute Gasteiger partial charge is 0.330 e. The van der Waals surface area contributed by atoms with E-state index in [-0.39, 0.29) is 18.0 Å². The minimum Gasteiger partial charge on any atom is -0.330 e. The molecule has 10 nitrogen and oxygen atoms in total. The van der Waals surface area contributed by atoms with Gasteiger partial charge in [-0.1, -0.05) is 42.2 Å². The largest absolute Gasteiger partial charge is 0.333 e. The van der Waals surface area contributed by atoms with Gasteiger partial charge in [0.2, 0.25) is 5.91 Å². The van der Waals surface area contributed by atoms with Crippen molar-refractivity contribution < 1.29 is 37.0 Å². The summed E-state index contributed by atoms with van der Waals surface area (Å²) < 4.78 is 31.5. The van der Waals surface area contributed by atoms with E-state index in [1.807, 2.05) is 24.3 Å². The Morgan fingerprint density at radius 3 is 2.35 bits per heavy atom. The van der Waals surface area contributed by atoms with Gasteiger partial charge in [-0.05, 0) is 23.8 Å². The van der Waals surface area contributed by atoms with Gasteiger partial charge >= 0.3 is 5.97 Å². The monoisotopic (exact) mass is 482 g/mol. The Balaban J connectivity index is 1.47. The first-order chi connectivity index (χ1) is 16.1. The topological polar surface area (TPSA) is 138 Å². The maximum Gasteiger partial charge on any atom is 0.333 e. The SMILES string of the molecule is O=C(CCC(=O)N1Cc2ccccc2C#Cc2ccccc21)ON1C(=O)CC(S(=O)(=O)O)C1=O. The van der Waals surface area contributed by atoms with Gasteiger partial charge in [-0.2, -0.15) is 8.42 Å². The standard InChI is InChI=1S/C23H18N2O8S/c26-20(11-12-22(28)33-25-21(27)13-19(23(25)29)34(30,31)32)24-14-17-7-2-1-5-15(17)9-10-16-6-3-4-8-18(16)24/h1-8,19H,11-14H2,(H,30,31,32). The van der Waals surface area contributed by atoms with Crippen LogP contribution < -0.4 is 4.90 Å². The Bertz CT molecular complexity index is 1370. The lowest BCUT2D eigenvalue weighted by molar-refractivity contribution is -0.197. The van der Waals surface area contributed by atoms with E-state index in [2.05, 4.69) is 11.8 Å². The summed E-state index contributed by atoms with van der Waals surface area (Å²) in [6.45, 7) is 0.217. The van der Waals surface area contributed by atoms with E-state index in [1.165, 1.54) is 4.90 Å². The highest BCUT2D eigenvalue weighted by Gasteiger charge is 2.48. The van der Waals surface area contributed by atoms with Crippen LogP contribution in [0, 0.1) is 11.8 Å². The number of carbonyl (C=O) groups is 4. The Morgan fingerprint density at radius 2 is 1.65 bits per heavy atom. The van der Waals surface area contributed by atoms with Crippen molar-refractivity contribution in [3.05, 3.63) is 65.2 Å². The highest BCUT2D eigenvalue weighted by atomic mass is 32.2. The van der Waals surface area contributed by atoms with Crippen LogP contribution in [0.25, 0.3) is 0 Å². The van der Waals surface area contributed by atoms with Gasteiger partial charge in [0.05, 0.1) is 25.1 Å². The Morgan fingerprint density at radius 1 is 1.00 bits per heavy atom. The molecule has 1 saturated heterocycles. The van der Waals surface area contributed by atoms with E-state index >= 15 is 0 Å². The van der Waals surface area contributed by atoms with Crippen molar-refractivity contribution in [3.63, 3.8) is 0 Å². The second-order valence-corrected chi connectivity index (χ2v) is 9.20. The third-order valence-corrected chi connectivity index (χ3v) is 6.42. The second kappa shape index (κ2) is 9.09. The molecule has 1 N–H and O–H groups in total. The van der Waals surface area contributed by atoms with Gasteiger partial charge < -0.3 is 9.74 Å². The van der Waals surface area contributed by atoms with Crippen molar-refractivity contribution in [2.45, 2.75) is 31.1 Å². The maximum absolute atomic E-state index is 13.1. The average Bonchev–Trinajstić information content (AvgIpc) is 3.07. The molecule has 1 unspecified atom stereocenters. The fourth-order valence-electron chi connectivity index (χ4n) is 3.61. The van der Waals surface area contributed by atoms with Crippen LogP contribution in [-0.4, -0.2) is 47.0 Å². The lowest BCUT2D eigenvalue weighted by Gasteiger charge is -2.26. The van der Waals surface area contributed by atoms with E-state index in [4.69, 9.17) is 9.39 Å². The number of imide groups is 1. The van der Waals surface area contributed by atoms with Crippen LogP contribution in [0.4, 0.5) is 5.69 Å². The molecule has 0 aromatic heterocycles. The molecule has 3 amide bonds. The van der Waals surface area contributed by atoms with Gasteiger partial charge in [-0.25, -0.2) is 4.79 Å². The molecular formula is C23H18N2O8S. The van der Waals surface area contributed by atoms with Gasteiger partial charge in [0, 0.05) is 17.5 Å². The number of hydrogen-bond donors (Lipinski definition) is 1. The van der Waals surface area contributed by atoms with Gasteiger partial charge in [0.25, 0.3) is 21.9 Å². The van der Waals surface area contributed by atoms with Gasteiger partial charge in [0.1, 0.15) is 0 Å². The Kier molecular flexibility index (Phi) is 6.19. The van der Waals surface area contributed by atoms with Crippen molar-refractivity contribution in [1.82, 2.24) is 5.06 Å². The maximum atomic E-state index is 13.1.